The number of carbonyl (C=O) groups excluding carboxylic acids is 2. The van der Waals surface area contributed by atoms with Crippen molar-refractivity contribution in [3.63, 3.8) is 0 Å². The van der Waals surface area contributed by atoms with Gasteiger partial charge in [-0.2, -0.15) is 0 Å². The summed E-state index contributed by atoms with van der Waals surface area (Å²) in [5.41, 5.74) is 4.33. The van der Waals surface area contributed by atoms with Gasteiger partial charge >= 0.3 is 0 Å². The van der Waals surface area contributed by atoms with Crippen LogP contribution in [0, 0.1) is 5.92 Å². The van der Waals surface area contributed by atoms with Crippen molar-refractivity contribution in [2.45, 2.75) is 51.9 Å². The third-order valence-electron chi connectivity index (χ3n) is 6.24. The molecule has 0 aromatic heterocycles. The first-order chi connectivity index (χ1) is 11.7. The van der Waals surface area contributed by atoms with E-state index in [0.717, 1.165) is 5.69 Å². The summed E-state index contributed by atoms with van der Waals surface area (Å²) < 4.78 is 0. The van der Waals surface area contributed by atoms with Crippen LogP contribution in [-0.2, 0) is 20.4 Å². The van der Waals surface area contributed by atoms with Gasteiger partial charge in [0, 0.05) is 12.1 Å². The van der Waals surface area contributed by atoms with Crippen LogP contribution in [0.5, 0.6) is 0 Å². The molecule has 0 heterocycles. The van der Waals surface area contributed by atoms with Crippen LogP contribution in [0.1, 0.15) is 52.2 Å². The van der Waals surface area contributed by atoms with Crippen LogP contribution in [0.15, 0.2) is 47.6 Å². The summed E-state index contributed by atoms with van der Waals surface area (Å²) in [6.45, 7) is 11.4. The first kappa shape index (κ1) is 17.4. The summed E-state index contributed by atoms with van der Waals surface area (Å²) >= 11 is 0. The van der Waals surface area contributed by atoms with Crippen LogP contribution >= 0.6 is 0 Å². The maximum absolute atomic E-state index is 12.6. The van der Waals surface area contributed by atoms with Gasteiger partial charge in [0.2, 0.25) is 0 Å². The maximum atomic E-state index is 12.6. The average molecular weight is 335 g/mol. The largest absolute Gasteiger partial charge is 0.322 e. The molecule has 0 bridgehead atoms. The summed E-state index contributed by atoms with van der Waals surface area (Å²) in [5, 5.41) is 2.94. The fraction of sp³-hybridized carbons (Fsp3) is 0.409. The molecule has 0 aliphatic heterocycles. The van der Waals surface area contributed by atoms with Crippen LogP contribution in [-0.4, -0.2) is 11.8 Å². The SMILES string of the molecule is CC1C(C)(C)c2ccc(NC(=O)C3=CC=CCC3=C=O)cc2C1(C)C. The molecule has 1 aromatic carbocycles. The smallest absolute Gasteiger partial charge is 0.256 e. The molecule has 1 unspecified atom stereocenters. The van der Waals surface area contributed by atoms with Crippen LogP contribution in [0.4, 0.5) is 5.69 Å². The van der Waals surface area contributed by atoms with Crippen molar-refractivity contribution in [3.8, 4) is 0 Å². The predicted molar refractivity (Wildman–Crippen MR) is 101 cm³/mol. The molecule has 1 amide bonds. The van der Waals surface area contributed by atoms with Crippen LogP contribution in [0.3, 0.4) is 0 Å². The highest BCUT2D eigenvalue weighted by atomic mass is 16.1. The van der Waals surface area contributed by atoms with Crippen molar-refractivity contribution < 1.29 is 9.59 Å². The fourth-order valence-electron chi connectivity index (χ4n) is 4.15. The van der Waals surface area contributed by atoms with E-state index < -0.39 is 0 Å². The Balaban J connectivity index is 1.93. The minimum atomic E-state index is -0.259. The molecule has 1 atom stereocenters. The second-order valence-corrected chi connectivity index (χ2v) is 8.17. The lowest BCUT2D eigenvalue weighted by Gasteiger charge is -2.32. The van der Waals surface area contributed by atoms with Gasteiger partial charge in [0.25, 0.3) is 5.91 Å². The van der Waals surface area contributed by atoms with Crippen molar-refractivity contribution in [1.82, 2.24) is 0 Å². The molecule has 1 aromatic rings. The summed E-state index contributed by atoms with van der Waals surface area (Å²) in [7, 11) is 0. The monoisotopic (exact) mass is 335 g/mol. The van der Waals surface area contributed by atoms with E-state index in [1.54, 1.807) is 12.2 Å². The minimum absolute atomic E-state index is 0.0419. The van der Waals surface area contributed by atoms with E-state index in [-0.39, 0.29) is 16.7 Å². The van der Waals surface area contributed by atoms with Crippen LogP contribution in [0.2, 0.25) is 0 Å². The molecule has 0 fully saturated rings. The predicted octanol–water partition coefficient (Wildman–Crippen LogP) is 4.47. The summed E-state index contributed by atoms with van der Waals surface area (Å²) in [4.78, 5) is 23.6. The lowest BCUT2D eigenvalue weighted by molar-refractivity contribution is -0.112. The Morgan fingerprint density at radius 2 is 1.84 bits per heavy atom. The van der Waals surface area contributed by atoms with Crippen LogP contribution in [0.25, 0.3) is 0 Å². The molecule has 130 valence electrons. The zero-order chi connectivity index (χ0) is 18.4. The molecule has 0 saturated heterocycles. The molecule has 3 rings (SSSR count). The van der Waals surface area contributed by atoms with E-state index in [9.17, 15) is 9.59 Å². The summed E-state index contributed by atoms with van der Waals surface area (Å²) in [6, 6.07) is 6.17. The highest BCUT2D eigenvalue weighted by Crippen LogP contribution is 2.53. The van der Waals surface area contributed by atoms with E-state index in [1.807, 2.05) is 18.1 Å². The van der Waals surface area contributed by atoms with Gasteiger partial charge in [-0.15, -0.1) is 0 Å². The van der Waals surface area contributed by atoms with E-state index in [0.29, 0.717) is 23.5 Å². The van der Waals surface area contributed by atoms with E-state index in [2.05, 4.69) is 52.1 Å². The molecule has 3 heteroatoms. The molecule has 0 saturated carbocycles. The zero-order valence-electron chi connectivity index (χ0n) is 15.6. The highest BCUT2D eigenvalue weighted by molar-refractivity contribution is 6.09. The van der Waals surface area contributed by atoms with Gasteiger partial charge in [-0.3, -0.25) is 4.79 Å². The molecule has 3 nitrogen and oxygen atoms in total. The van der Waals surface area contributed by atoms with Crippen molar-refractivity contribution in [1.29, 1.82) is 0 Å². The maximum Gasteiger partial charge on any atom is 0.256 e. The Morgan fingerprint density at radius 3 is 2.52 bits per heavy atom. The van der Waals surface area contributed by atoms with E-state index in [1.165, 1.54) is 11.1 Å². The van der Waals surface area contributed by atoms with Gasteiger partial charge in [0.15, 0.2) is 0 Å². The normalized spacial score (nSPS) is 22.8. The van der Waals surface area contributed by atoms with Crippen molar-refractivity contribution in [3.05, 3.63) is 58.7 Å². The van der Waals surface area contributed by atoms with Crippen LogP contribution < -0.4 is 5.32 Å². The van der Waals surface area contributed by atoms with Gasteiger partial charge in [0.1, 0.15) is 5.94 Å². The Hall–Kier alpha value is -2.38. The second-order valence-electron chi connectivity index (χ2n) is 8.17. The zero-order valence-corrected chi connectivity index (χ0v) is 15.6. The van der Waals surface area contributed by atoms with Gasteiger partial charge in [-0.25, -0.2) is 4.79 Å². The molecule has 0 radical (unpaired) electrons. The number of benzene rings is 1. The van der Waals surface area contributed by atoms with Crippen molar-refractivity contribution >= 4 is 17.5 Å². The number of hydrogen-bond acceptors (Lipinski definition) is 2. The molecule has 2 aliphatic carbocycles. The lowest BCUT2D eigenvalue weighted by atomic mass is 9.71. The number of carbonyl (C=O) groups is 1. The summed E-state index contributed by atoms with van der Waals surface area (Å²) in [6.07, 6.45) is 5.76. The molecule has 0 spiro atoms. The third-order valence-corrected chi connectivity index (χ3v) is 6.24. The summed E-state index contributed by atoms with van der Waals surface area (Å²) in [5.74, 6) is 2.12. The Kier molecular flexibility index (Phi) is 4.09. The highest BCUT2D eigenvalue weighted by Gasteiger charge is 2.48. The lowest BCUT2D eigenvalue weighted by Crippen LogP contribution is -2.30. The number of fused-ring (bicyclic) bond motifs is 1. The Morgan fingerprint density at radius 1 is 1.16 bits per heavy atom. The van der Waals surface area contributed by atoms with Crippen molar-refractivity contribution in [2.24, 2.45) is 5.92 Å². The third kappa shape index (κ3) is 2.69. The first-order valence-corrected chi connectivity index (χ1v) is 8.77. The fourth-order valence-corrected chi connectivity index (χ4v) is 4.15. The molecular weight excluding hydrogens is 310 g/mol. The Bertz CT molecular complexity index is 849. The molecule has 25 heavy (non-hydrogen) atoms. The first-order valence-electron chi connectivity index (χ1n) is 8.77. The van der Waals surface area contributed by atoms with Crippen molar-refractivity contribution in [2.75, 3.05) is 5.32 Å². The molecule has 2 aliphatic rings. The Labute approximate surface area is 149 Å². The topological polar surface area (TPSA) is 46.2 Å². The van der Waals surface area contributed by atoms with E-state index >= 15 is 0 Å². The minimum Gasteiger partial charge on any atom is -0.322 e. The number of hydrogen-bond donors (Lipinski definition) is 1. The second kappa shape index (κ2) is 5.86. The number of anilines is 1. The van der Waals surface area contributed by atoms with E-state index in [4.69, 9.17) is 0 Å². The molecular formula is C22H25NO2. The average Bonchev–Trinajstić information content (AvgIpc) is 2.72. The van der Waals surface area contributed by atoms with Gasteiger partial charge < -0.3 is 5.32 Å². The quantitative estimate of drug-likeness (QED) is 0.810. The molecule has 1 N–H and O–H groups in total. The number of allylic oxidation sites excluding steroid dienone is 3. The van der Waals surface area contributed by atoms with Gasteiger partial charge in [-0.1, -0.05) is 52.8 Å². The number of nitrogens with one attached hydrogen (secondary N) is 1. The number of rotatable bonds is 2. The van der Waals surface area contributed by atoms with Gasteiger partial charge in [-0.05, 0) is 46.1 Å². The standard InChI is InChI=1S/C22H25NO2/c1-14-21(2,3)18-11-10-16(12-19(18)22(14,4)5)23-20(25)17-9-7-6-8-15(17)13-24/h6-7,9-12,14H,8H2,1-5H3,(H,23,25). The van der Waals surface area contributed by atoms with Gasteiger partial charge in [0.05, 0.1) is 11.1 Å². The number of amides is 1.